The van der Waals surface area contributed by atoms with Gasteiger partial charge < -0.3 is 19.6 Å². The number of amides is 2. The Morgan fingerprint density at radius 3 is 2.30 bits per heavy atom. The van der Waals surface area contributed by atoms with Crippen LogP contribution in [-0.4, -0.2) is 59.2 Å². The zero-order valence-corrected chi connectivity index (χ0v) is 19.2. The van der Waals surface area contributed by atoms with E-state index in [1.165, 1.54) is 29.2 Å². The standard InChI is InChI=1S/C25H28ClFN2O4/c1-28(25(32)33-21-12-8-19(27)9-13-21)23-15-29(24(31)17-4-10-20(30)11-5-17)14-22(23)16-2-6-18(26)7-3-16/h2-3,6-9,12-13,17,20,22-23,30H,4-5,10-11,14-15H2,1H3. The van der Waals surface area contributed by atoms with Crippen molar-refractivity contribution in [1.82, 2.24) is 9.80 Å². The molecule has 1 aliphatic carbocycles. The molecule has 1 saturated heterocycles. The lowest BCUT2D eigenvalue weighted by atomic mass is 9.86. The van der Waals surface area contributed by atoms with Gasteiger partial charge in [0.2, 0.25) is 5.91 Å². The van der Waals surface area contributed by atoms with E-state index in [0.29, 0.717) is 43.8 Å². The van der Waals surface area contributed by atoms with Crippen molar-refractivity contribution in [3.05, 3.63) is 64.9 Å². The first-order valence-electron chi connectivity index (χ1n) is 11.2. The zero-order valence-electron chi connectivity index (χ0n) is 18.5. The average molecular weight is 475 g/mol. The number of hydrogen-bond acceptors (Lipinski definition) is 4. The van der Waals surface area contributed by atoms with Crippen molar-refractivity contribution in [2.45, 2.75) is 43.7 Å². The highest BCUT2D eigenvalue weighted by Gasteiger charge is 2.42. The van der Waals surface area contributed by atoms with Gasteiger partial charge in [0.15, 0.2) is 0 Å². The molecule has 2 aliphatic rings. The maximum atomic E-state index is 13.3. The molecule has 0 spiro atoms. The Kier molecular flexibility index (Phi) is 7.20. The molecule has 6 nitrogen and oxygen atoms in total. The molecule has 1 saturated carbocycles. The van der Waals surface area contributed by atoms with Gasteiger partial charge in [-0.1, -0.05) is 23.7 Å². The van der Waals surface area contributed by atoms with Crippen molar-refractivity contribution in [3.63, 3.8) is 0 Å². The molecule has 0 bridgehead atoms. The minimum Gasteiger partial charge on any atom is -0.410 e. The van der Waals surface area contributed by atoms with Gasteiger partial charge in [0, 0.05) is 37.0 Å². The van der Waals surface area contributed by atoms with Gasteiger partial charge in [0.05, 0.1) is 12.1 Å². The number of carbonyl (C=O) groups is 2. The van der Waals surface area contributed by atoms with Crippen molar-refractivity contribution < 1.29 is 23.8 Å². The van der Waals surface area contributed by atoms with Crippen LogP contribution < -0.4 is 4.74 Å². The van der Waals surface area contributed by atoms with E-state index < -0.39 is 11.9 Å². The number of aliphatic hydroxyl groups is 1. The Morgan fingerprint density at radius 1 is 1.03 bits per heavy atom. The van der Waals surface area contributed by atoms with Gasteiger partial charge in [0.1, 0.15) is 11.6 Å². The summed E-state index contributed by atoms with van der Waals surface area (Å²) in [4.78, 5) is 29.5. The Morgan fingerprint density at radius 2 is 1.67 bits per heavy atom. The van der Waals surface area contributed by atoms with Crippen LogP contribution in [-0.2, 0) is 4.79 Å². The number of likely N-dealkylation sites (N-methyl/N-ethyl adjacent to an activating group) is 1. The van der Waals surface area contributed by atoms with Gasteiger partial charge in [0.25, 0.3) is 0 Å². The van der Waals surface area contributed by atoms with E-state index in [4.69, 9.17) is 16.3 Å². The third kappa shape index (κ3) is 5.47. The van der Waals surface area contributed by atoms with E-state index in [2.05, 4.69) is 0 Å². The molecule has 2 atom stereocenters. The molecule has 2 aromatic carbocycles. The minimum absolute atomic E-state index is 0.0728. The summed E-state index contributed by atoms with van der Waals surface area (Å²) in [5.41, 5.74) is 0.986. The molecule has 0 radical (unpaired) electrons. The van der Waals surface area contributed by atoms with Crippen LogP contribution in [0.2, 0.25) is 5.02 Å². The second-order valence-electron chi connectivity index (χ2n) is 8.91. The fourth-order valence-corrected chi connectivity index (χ4v) is 4.91. The number of nitrogens with zero attached hydrogens (tertiary/aromatic N) is 2. The van der Waals surface area contributed by atoms with Crippen LogP contribution in [0.1, 0.15) is 37.2 Å². The molecular formula is C25H28ClFN2O4. The molecular weight excluding hydrogens is 447 g/mol. The molecule has 33 heavy (non-hydrogen) atoms. The van der Waals surface area contributed by atoms with E-state index in [9.17, 15) is 19.1 Å². The van der Waals surface area contributed by atoms with Crippen LogP contribution in [0.15, 0.2) is 48.5 Å². The van der Waals surface area contributed by atoms with Crippen molar-refractivity contribution in [2.24, 2.45) is 5.92 Å². The lowest BCUT2D eigenvalue weighted by Crippen LogP contribution is -2.44. The van der Waals surface area contributed by atoms with Gasteiger partial charge >= 0.3 is 6.09 Å². The number of hydrogen-bond donors (Lipinski definition) is 1. The Bertz CT molecular complexity index is 977. The smallest absolute Gasteiger partial charge is 0.410 e. The van der Waals surface area contributed by atoms with Crippen LogP contribution in [0.4, 0.5) is 9.18 Å². The number of benzene rings is 2. The largest absolute Gasteiger partial charge is 0.415 e. The molecule has 176 valence electrons. The van der Waals surface area contributed by atoms with Crippen LogP contribution >= 0.6 is 11.6 Å². The quantitative estimate of drug-likeness (QED) is 0.710. The number of carbonyl (C=O) groups excluding carboxylic acids is 2. The van der Waals surface area contributed by atoms with E-state index in [-0.39, 0.29) is 35.6 Å². The number of halogens is 2. The topological polar surface area (TPSA) is 70.1 Å². The third-order valence-corrected chi connectivity index (χ3v) is 7.00. The lowest BCUT2D eigenvalue weighted by Gasteiger charge is -2.29. The van der Waals surface area contributed by atoms with E-state index >= 15 is 0 Å². The average Bonchev–Trinajstić information content (AvgIpc) is 3.26. The zero-order chi connectivity index (χ0) is 23.5. The second kappa shape index (κ2) is 10.1. The van der Waals surface area contributed by atoms with Crippen LogP contribution in [0, 0.1) is 11.7 Å². The molecule has 0 aromatic heterocycles. The van der Waals surface area contributed by atoms with Crippen molar-refractivity contribution in [1.29, 1.82) is 0 Å². The van der Waals surface area contributed by atoms with Gasteiger partial charge in [-0.15, -0.1) is 0 Å². The van der Waals surface area contributed by atoms with Crippen molar-refractivity contribution in [3.8, 4) is 5.75 Å². The summed E-state index contributed by atoms with van der Waals surface area (Å²) in [6.07, 6.45) is 1.73. The number of rotatable bonds is 4. The number of ether oxygens (including phenoxy) is 1. The number of aliphatic hydroxyl groups excluding tert-OH is 1. The fourth-order valence-electron chi connectivity index (χ4n) is 4.79. The molecule has 2 aromatic rings. The highest BCUT2D eigenvalue weighted by Crippen LogP contribution is 2.35. The molecule has 4 rings (SSSR count). The lowest BCUT2D eigenvalue weighted by molar-refractivity contribution is -0.136. The summed E-state index contributed by atoms with van der Waals surface area (Å²) in [5.74, 6) is -0.293. The Hall–Kier alpha value is -2.64. The maximum absolute atomic E-state index is 13.3. The molecule has 2 unspecified atom stereocenters. The summed E-state index contributed by atoms with van der Waals surface area (Å²) in [7, 11) is 1.66. The third-order valence-electron chi connectivity index (χ3n) is 6.75. The SMILES string of the molecule is CN(C(=O)Oc1ccc(F)cc1)C1CN(C(=O)C2CCC(O)CC2)CC1c1ccc(Cl)cc1. The summed E-state index contributed by atoms with van der Waals surface area (Å²) in [6, 6.07) is 12.4. The Labute approximate surface area is 197 Å². The van der Waals surface area contributed by atoms with Crippen molar-refractivity contribution in [2.75, 3.05) is 20.1 Å². The van der Waals surface area contributed by atoms with Crippen LogP contribution in [0.25, 0.3) is 0 Å². The highest BCUT2D eigenvalue weighted by atomic mass is 35.5. The molecule has 1 heterocycles. The maximum Gasteiger partial charge on any atom is 0.415 e. The first-order valence-corrected chi connectivity index (χ1v) is 11.6. The summed E-state index contributed by atoms with van der Waals surface area (Å²) < 4.78 is 18.6. The highest BCUT2D eigenvalue weighted by molar-refractivity contribution is 6.30. The molecule has 2 fully saturated rings. The molecule has 1 aliphatic heterocycles. The van der Waals surface area contributed by atoms with E-state index in [1.54, 1.807) is 19.2 Å². The fraction of sp³-hybridized carbons (Fsp3) is 0.440. The van der Waals surface area contributed by atoms with Gasteiger partial charge in [-0.2, -0.15) is 0 Å². The Balaban J connectivity index is 1.52. The van der Waals surface area contributed by atoms with E-state index in [0.717, 1.165) is 5.56 Å². The van der Waals surface area contributed by atoms with Crippen LogP contribution in [0.3, 0.4) is 0 Å². The summed E-state index contributed by atoms with van der Waals surface area (Å²) >= 11 is 6.07. The number of likely N-dealkylation sites (tertiary alicyclic amines) is 1. The van der Waals surface area contributed by atoms with Crippen molar-refractivity contribution >= 4 is 23.6 Å². The normalized spacial score (nSPS) is 25.0. The summed E-state index contributed by atoms with van der Waals surface area (Å²) in [6.45, 7) is 0.874. The van der Waals surface area contributed by atoms with Gasteiger partial charge in [-0.25, -0.2) is 9.18 Å². The second-order valence-corrected chi connectivity index (χ2v) is 9.34. The van der Waals surface area contributed by atoms with Crippen LogP contribution in [0.5, 0.6) is 5.75 Å². The van der Waals surface area contributed by atoms with Gasteiger partial charge in [-0.05, 0) is 67.6 Å². The molecule has 8 heteroatoms. The molecule has 1 N–H and O–H groups in total. The monoisotopic (exact) mass is 474 g/mol. The first kappa shape index (κ1) is 23.5. The predicted octanol–water partition coefficient (Wildman–Crippen LogP) is 4.46. The first-order chi connectivity index (χ1) is 15.8. The minimum atomic E-state index is -0.569. The van der Waals surface area contributed by atoms with E-state index in [1.807, 2.05) is 17.0 Å². The summed E-state index contributed by atoms with van der Waals surface area (Å²) in [5, 5.41) is 10.4. The molecule has 2 amide bonds. The van der Waals surface area contributed by atoms with Gasteiger partial charge in [-0.3, -0.25) is 4.79 Å². The predicted molar refractivity (Wildman–Crippen MR) is 123 cm³/mol.